The van der Waals surface area contributed by atoms with Crippen LogP contribution in [0.2, 0.25) is 0 Å². The highest BCUT2D eigenvalue weighted by Gasteiger charge is 2.28. The van der Waals surface area contributed by atoms with Crippen LogP contribution in [0.3, 0.4) is 0 Å². The summed E-state index contributed by atoms with van der Waals surface area (Å²) in [5.74, 6) is 0. The fraction of sp³-hybridized carbons (Fsp3) is 0.750. The van der Waals surface area contributed by atoms with Gasteiger partial charge in [-0.05, 0) is 19.8 Å². The lowest BCUT2D eigenvalue weighted by molar-refractivity contribution is -0.00170. The topological polar surface area (TPSA) is 48.1 Å². The fourth-order valence-electron chi connectivity index (χ4n) is 1.54. The van der Waals surface area contributed by atoms with Gasteiger partial charge in [0.25, 0.3) is 0 Å². The van der Waals surface area contributed by atoms with Gasteiger partial charge in [0.1, 0.15) is 10.6 Å². The molecule has 1 rings (SSSR count). The zero-order valence-corrected chi connectivity index (χ0v) is 11.4. The number of hydrogen-bond donors (Lipinski definition) is 1. The van der Waals surface area contributed by atoms with Gasteiger partial charge < -0.3 is 10.5 Å². The summed E-state index contributed by atoms with van der Waals surface area (Å²) < 4.78 is 5.53. The third-order valence-electron chi connectivity index (χ3n) is 3.08. The minimum Gasteiger partial charge on any atom is -0.371 e. The molecule has 0 radical (unpaired) electrons. The van der Waals surface area contributed by atoms with Gasteiger partial charge in [0.15, 0.2) is 0 Å². The van der Waals surface area contributed by atoms with Crippen molar-refractivity contribution in [3.8, 4) is 0 Å². The molecule has 3 nitrogen and oxygen atoms in total. The maximum atomic E-state index is 6.05. The van der Waals surface area contributed by atoms with Crippen LogP contribution in [-0.4, -0.2) is 12.1 Å². The molecule has 0 fully saturated rings. The molecule has 1 aromatic heterocycles. The quantitative estimate of drug-likeness (QED) is 0.833. The molecule has 0 aliphatic rings. The molecule has 0 amide bonds. The Bertz CT molecular complexity index is 321. The number of aromatic nitrogens is 1. The maximum Gasteiger partial charge on any atom is 0.125 e. The lowest BCUT2D eigenvalue weighted by atomic mass is 10.0. The predicted octanol–water partition coefficient (Wildman–Crippen LogP) is 3.21. The van der Waals surface area contributed by atoms with Crippen molar-refractivity contribution in [2.24, 2.45) is 5.73 Å². The molecule has 4 heteroatoms. The van der Waals surface area contributed by atoms with Crippen LogP contribution >= 0.6 is 11.3 Å². The van der Waals surface area contributed by atoms with E-state index in [9.17, 15) is 0 Å². The molecular weight excluding hydrogens is 220 g/mol. The van der Waals surface area contributed by atoms with Gasteiger partial charge in [0.05, 0.1) is 5.69 Å². The molecule has 0 aliphatic carbocycles. The largest absolute Gasteiger partial charge is 0.371 e. The van der Waals surface area contributed by atoms with Crippen LogP contribution in [0.25, 0.3) is 0 Å². The monoisotopic (exact) mass is 242 g/mol. The number of methoxy groups -OCH3 is 1. The van der Waals surface area contributed by atoms with Gasteiger partial charge in [0, 0.05) is 18.5 Å². The highest BCUT2D eigenvalue weighted by Crippen LogP contribution is 2.32. The van der Waals surface area contributed by atoms with Gasteiger partial charge >= 0.3 is 0 Å². The molecule has 1 heterocycles. The van der Waals surface area contributed by atoms with E-state index in [0.29, 0.717) is 0 Å². The molecule has 0 saturated carbocycles. The summed E-state index contributed by atoms with van der Waals surface area (Å²) in [4.78, 5) is 4.61. The number of ether oxygens (including phenoxy) is 1. The van der Waals surface area contributed by atoms with Crippen molar-refractivity contribution in [3.63, 3.8) is 0 Å². The first kappa shape index (κ1) is 13.6. The standard InChI is InChI=1S/C12H22N2OS/c1-5-7-9(13)10-8-16-11(14-10)12(3,6-2)15-4/h8-9H,5-7,13H2,1-4H3. The summed E-state index contributed by atoms with van der Waals surface area (Å²) in [7, 11) is 1.73. The van der Waals surface area contributed by atoms with Crippen LogP contribution in [0.1, 0.15) is 56.8 Å². The number of thiazole rings is 1. The van der Waals surface area contributed by atoms with Crippen LogP contribution in [0.5, 0.6) is 0 Å². The third kappa shape index (κ3) is 2.81. The summed E-state index contributed by atoms with van der Waals surface area (Å²) >= 11 is 1.64. The molecule has 0 bridgehead atoms. The molecule has 2 unspecified atom stereocenters. The van der Waals surface area contributed by atoms with Crippen molar-refractivity contribution in [2.75, 3.05) is 7.11 Å². The van der Waals surface area contributed by atoms with Gasteiger partial charge in [-0.3, -0.25) is 0 Å². The van der Waals surface area contributed by atoms with Gasteiger partial charge in [-0.1, -0.05) is 20.3 Å². The SMILES string of the molecule is CCCC(N)c1csc(C(C)(CC)OC)n1. The second kappa shape index (κ2) is 5.75. The first-order chi connectivity index (χ1) is 7.57. The summed E-state index contributed by atoms with van der Waals surface area (Å²) in [6.45, 7) is 6.32. The summed E-state index contributed by atoms with van der Waals surface area (Å²) in [5.41, 5.74) is 6.78. The van der Waals surface area contributed by atoms with Crippen molar-refractivity contribution in [1.82, 2.24) is 4.98 Å². The Labute approximate surface area is 102 Å². The van der Waals surface area contributed by atoms with Crippen LogP contribution in [0, 0.1) is 0 Å². The smallest absolute Gasteiger partial charge is 0.125 e. The van der Waals surface area contributed by atoms with Crippen molar-refractivity contribution >= 4 is 11.3 Å². The Morgan fingerprint density at radius 1 is 1.56 bits per heavy atom. The van der Waals surface area contributed by atoms with Gasteiger partial charge in [-0.25, -0.2) is 4.98 Å². The Hall–Kier alpha value is -0.450. The molecule has 2 atom stereocenters. The van der Waals surface area contributed by atoms with Crippen LogP contribution in [0.4, 0.5) is 0 Å². The lowest BCUT2D eigenvalue weighted by Crippen LogP contribution is -2.23. The second-order valence-corrected chi connectivity index (χ2v) is 5.12. The van der Waals surface area contributed by atoms with E-state index in [-0.39, 0.29) is 11.6 Å². The normalized spacial score (nSPS) is 17.1. The van der Waals surface area contributed by atoms with Crippen molar-refractivity contribution in [1.29, 1.82) is 0 Å². The molecule has 16 heavy (non-hydrogen) atoms. The first-order valence-corrected chi connectivity index (χ1v) is 6.72. The Kier molecular flexibility index (Phi) is 4.89. The van der Waals surface area contributed by atoms with Crippen LogP contribution < -0.4 is 5.73 Å². The van der Waals surface area contributed by atoms with Crippen LogP contribution in [0.15, 0.2) is 5.38 Å². The number of hydrogen-bond acceptors (Lipinski definition) is 4. The lowest BCUT2D eigenvalue weighted by Gasteiger charge is -2.23. The third-order valence-corrected chi connectivity index (χ3v) is 4.18. The average molecular weight is 242 g/mol. The molecule has 0 aromatic carbocycles. The Morgan fingerprint density at radius 3 is 2.75 bits per heavy atom. The Morgan fingerprint density at radius 2 is 2.25 bits per heavy atom. The molecule has 0 saturated heterocycles. The van der Waals surface area contributed by atoms with Crippen molar-refractivity contribution in [3.05, 3.63) is 16.1 Å². The van der Waals surface area contributed by atoms with Crippen LogP contribution in [-0.2, 0) is 10.3 Å². The van der Waals surface area contributed by atoms with Gasteiger partial charge in [-0.15, -0.1) is 11.3 Å². The summed E-state index contributed by atoms with van der Waals surface area (Å²) in [6, 6.07) is 0.0629. The molecule has 1 aromatic rings. The van der Waals surface area contributed by atoms with E-state index in [1.165, 1.54) is 0 Å². The second-order valence-electron chi connectivity index (χ2n) is 4.26. The average Bonchev–Trinajstić information content (AvgIpc) is 2.78. The van der Waals surface area contributed by atoms with Crippen molar-refractivity contribution < 1.29 is 4.74 Å². The van der Waals surface area contributed by atoms with E-state index in [4.69, 9.17) is 10.5 Å². The first-order valence-electron chi connectivity index (χ1n) is 5.84. The fourth-order valence-corrected chi connectivity index (χ4v) is 2.64. The zero-order valence-electron chi connectivity index (χ0n) is 10.6. The highest BCUT2D eigenvalue weighted by molar-refractivity contribution is 7.09. The van der Waals surface area contributed by atoms with Crippen molar-refractivity contribution in [2.45, 2.75) is 51.7 Å². The van der Waals surface area contributed by atoms with E-state index in [2.05, 4.69) is 31.1 Å². The predicted molar refractivity (Wildman–Crippen MR) is 68.6 cm³/mol. The van der Waals surface area contributed by atoms with E-state index in [1.807, 2.05) is 0 Å². The van der Waals surface area contributed by atoms with Gasteiger partial charge in [0.2, 0.25) is 0 Å². The molecule has 2 N–H and O–H groups in total. The van der Waals surface area contributed by atoms with E-state index >= 15 is 0 Å². The van der Waals surface area contributed by atoms with E-state index < -0.39 is 0 Å². The van der Waals surface area contributed by atoms with Gasteiger partial charge in [-0.2, -0.15) is 0 Å². The molecule has 0 aliphatic heterocycles. The number of nitrogens with zero attached hydrogens (tertiary/aromatic N) is 1. The Balaban J connectivity index is 2.85. The van der Waals surface area contributed by atoms with E-state index in [0.717, 1.165) is 30.0 Å². The summed E-state index contributed by atoms with van der Waals surface area (Å²) in [6.07, 6.45) is 2.99. The summed E-state index contributed by atoms with van der Waals surface area (Å²) in [5, 5.41) is 3.09. The van der Waals surface area contributed by atoms with E-state index in [1.54, 1.807) is 18.4 Å². The molecule has 0 spiro atoms. The molecule has 92 valence electrons. The minimum atomic E-state index is -0.269. The maximum absolute atomic E-state index is 6.05. The zero-order chi connectivity index (χ0) is 12.2. The number of rotatable bonds is 6. The number of nitrogens with two attached hydrogens (primary N) is 1. The minimum absolute atomic E-state index is 0.0629. The molecular formula is C12H22N2OS. The highest BCUT2D eigenvalue weighted by atomic mass is 32.1.